The molecule has 0 saturated heterocycles. The van der Waals surface area contributed by atoms with Crippen molar-refractivity contribution in [1.82, 2.24) is 0 Å². The Morgan fingerprint density at radius 1 is 1.08 bits per heavy atom. The Hall–Kier alpha value is -2.21. The molecular weight excluding hydrogens is 374 g/mol. The highest BCUT2D eigenvalue weighted by atomic mass is 79.9. The third-order valence-electron chi connectivity index (χ3n) is 3.31. The van der Waals surface area contributed by atoms with Gasteiger partial charge in [-0.15, -0.1) is 0 Å². The Kier molecular flexibility index (Phi) is 6.49. The van der Waals surface area contributed by atoms with Gasteiger partial charge in [-0.3, -0.25) is 4.79 Å². The van der Waals surface area contributed by atoms with E-state index in [-0.39, 0.29) is 5.91 Å². The van der Waals surface area contributed by atoms with Gasteiger partial charge in [0, 0.05) is 11.6 Å². The minimum Gasteiger partial charge on any atom is -0.497 e. The van der Waals surface area contributed by atoms with Gasteiger partial charge in [0.25, 0.3) is 5.91 Å². The number of ether oxygens (including phenoxy) is 3. The molecule has 0 bridgehead atoms. The molecule has 0 radical (unpaired) electrons. The second-order valence-corrected chi connectivity index (χ2v) is 5.87. The SMILES string of the molecule is CCCOc1ccc(C(=O)Nc2cc(OC)ccc2OC)cc1Br. The number of nitrogens with one attached hydrogen (secondary N) is 1. The van der Waals surface area contributed by atoms with Gasteiger partial charge in [0.05, 0.1) is 31.0 Å². The predicted octanol–water partition coefficient (Wildman–Crippen LogP) is 4.51. The fraction of sp³-hybridized carbons (Fsp3) is 0.278. The zero-order valence-corrected chi connectivity index (χ0v) is 15.5. The molecule has 0 heterocycles. The van der Waals surface area contributed by atoms with Crippen LogP contribution in [-0.2, 0) is 0 Å². The first-order chi connectivity index (χ1) is 11.6. The van der Waals surface area contributed by atoms with Crippen LogP contribution in [0.25, 0.3) is 0 Å². The number of methoxy groups -OCH3 is 2. The maximum atomic E-state index is 12.5. The molecule has 0 aromatic heterocycles. The average molecular weight is 394 g/mol. The summed E-state index contributed by atoms with van der Waals surface area (Å²) in [5.74, 6) is 1.67. The highest BCUT2D eigenvalue weighted by Crippen LogP contribution is 2.30. The first kappa shape index (κ1) is 18.1. The molecule has 0 unspecified atom stereocenters. The number of rotatable bonds is 7. The van der Waals surface area contributed by atoms with E-state index in [4.69, 9.17) is 14.2 Å². The summed E-state index contributed by atoms with van der Waals surface area (Å²) < 4.78 is 16.8. The topological polar surface area (TPSA) is 56.8 Å². The molecule has 1 amide bonds. The van der Waals surface area contributed by atoms with Crippen molar-refractivity contribution in [2.45, 2.75) is 13.3 Å². The Balaban J connectivity index is 2.19. The first-order valence-corrected chi connectivity index (χ1v) is 8.34. The maximum Gasteiger partial charge on any atom is 0.255 e. The van der Waals surface area contributed by atoms with Gasteiger partial charge < -0.3 is 19.5 Å². The van der Waals surface area contributed by atoms with Crippen molar-refractivity contribution in [3.8, 4) is 17.2 Å². The van der Waals surface area contributed by atoms with Crippen LogP contribution < -0.4 is 19.5 Å². The molecule has 6 heteroatoms. The van der Waals surface area contributed by atoms with Crippen LogP contribution >= 0.6 is 15.9 Å². The lowest BCUT2D eigenvalue weighted by Crippen LogP contribution is -2.13. The van der Waals surface area contributed by atoms with Crippen LogP contribution in [-0.4, -0.2) is 26.7 Å². The number of carbonyl (C=O) groups excluding carboxylic acids is 1. The van der Waals surface area contributed by atoms with E-state index in [0.29, 0.717) is 35.1 Å². The number of benzene rings is 2. The van der Waals surface area contributed by atoms with E-state index in [1.165, 1.54) is 0 Å². The molecule has 0 saturated carbocycles. The Morgan fingerprint density at radius 3 is 2.46 bits per heavy atom. The summed E-state index contributed by atoms with van der Waals surface area (Å²) in [5, 5.41) is 2.84. The molecule has 0 spiro atoms. The van der Waals surface area contributed by atoms with Crippen LogP contribution in [0.4, 0.5) is 5.69 Å². The van der Waals surface area contributed by atoms with Crippen LogP contribution in [0.5, 0.6) is 17.2 Å². The predicted molar refractivity (Wildman–Crippen MR) is 97.4 cm³/mol. The van der Waals surface area contributed by atoms with Gasteiger partial charge in [-0.05, 0) is 52.7 Å². The Bertz CT molecular complexity index is 718. The normalized spacial score (nSPS) is 10.2. The minimum atomic E-state index is -0.246. The van der Waals surface area contributed by atoms with Crippen molar-refractivity contribution in [3.05, 3.63) is 46.4 Å². The van der Waals surface area contributed by atoms with Gasteiger partial charge in [-0.2, -0.15) is 0 Å². The van der Waals surface area contributed by atoms with Crippen molar-refractivity contribution >= 4 is 27.5 Å². The Morgan fingerprint density at radius 2 is 1.83 bits per heavy atom. The summed E-state index contributed by atoms with van der Waals surface area (Å²) in [5.41, 5.74) is 1.06. The summed E-state index contributed by atoms with van der Waals surface area (Å²) in [4.78, 5) is 12.5. The average Bonchev–Trinajstić information content (AvgIpc) is 2.60. The van der Waals surface area contributed by atoms with Crippen LogP contribution in [0.15, 0.2) is 40.9 Å². The molecule has 2 rings (SSSR count). The lowest BCUT2D eigenvalue weighted by molar-refractivity contribution is 0.102. The second-order valence-electron chi connectivity index (χ2n) is 5.01. The molecule has 0 aliphatic carbocycles. The highest BCUT2D eigenvalue weighted by molar-refractivity contribution is 9.10. The van der Waals surface area contributed by atoms with E-state index in [9.17, 15) is 4.79 Å². The zero-order chi connectivity index (χ0) is 17.5. The van der Waals surface area contributed by atoms with E-state index in [0.717, 1.165) is 10.9 Å². The standard InChI is InChI=1S/C18H20BrNO4/c1-4-9-24-16-7-5-12(10-14(16)19)18(21)20-15-11-13(22-2)6-8-17(15)23-3/h5-8,10-11H,4,9H2,1-3H3,(H,20,21). The lowest BCUT2D eigenvalue weighted by atomic mass is 10.2. The van der Waals surface area contributed by atoms with Crippen molar-refractivity contribution in [2.75, 3.05) is 26.1 Å². The molecule has 5 nitrogen and oxygen atoms in total. The summed E-state index contributed by atoms with van der Waals surface area (Å²) in [7, 11) is 3.12. The molecule has 0 atom stereocenters. The summed E-state index contributed by atoms with van der Waals surface area (Å²) >= 11 is 3.43. The molecule has 128 valence electrons. The molecule has 1 N–H and O–H groups in total. The van der Waals surface area contributed by atoms with Crippen LogP contribution in [0.1, 0.15) is 23.7 Å². The fourth-order valence-electron chi connectivity index (χ4n) is 2.08. The van der Waals surface area contributed by atoms with Gasteiger partial charge >= 0.3 is 0 Å². The van der Waals surface area contributed by atoms with Crippen molar-refractivity contribution < 1.29 is 19.0 Å². The largest absolute Gasteiger partial charge is 0.497 e. The van der Waals surface area contributed by atoms with Crippen LogP contribution in [0.2, 0.25) is 0 Å². The van der Waals surface area contributed by atoms with Gasteiger partial charge in [0.1, 0.15) is 17.2 Å². The van der Waals surface area contributed by atoms with Crippen molar-refractivity contribution in [2.24, 2.45) is 0 Å². The van der Waals surface area contributed by atoms with Crippen LogP contribution in [0.3, 0.4) is 0 Å². The quantitative estimate of drug-likeness (QED) is 0.751. The summed E-state index contributed by atoms with van der Waals surface area (Å²) in [6, 6.07) is 10.4. The number of amides is 1. The lowest BCUT2D eigenvalue weighted by Gasteiger charge is -2.13. The number of hydrogen-bond donors (Lipinski definition) is 1. The third kappa shape index (κ3) is 4.41. The Labute approximate surface area is 150 Å². The van der Waals surface area contributed by atoms with Gasteiger partial charge in [-0.25, -0.2) is 0 Å². The third-order valence-corrected chi connectivity index (χ3v) is 3.93. The molecule has 0 fully saturated rings. The van der Waals surface area contributed by atoms with Crippen molar-refractivity contribution in [3.63, 3.8) is 0 Å². The number of anilines is 1. The summed E-state index contributed by atoms with van der Waals surface area (Å²) in [6.07, 6.45) is 0.921. The number of halogens is 1. The van der Waals surface area contributed by atoms with E-state index in [2.05, 4.69) is 21.2 Å². The van der Waals surface area contributed by atoms with Gasteiger partial charge in [0.2, 0.25) is 0 Å². The minimum absolute atomic E-state index is 0.246. The van der Waals surface area contributed by atoms with Gasteiger partial charge in [0.15, 0.2) is 0 Å². The van der Waals surface area contributed by atoms with E-state index < -0.39 is 0 Å². The molecule has 24 heavy (non-hydrogen) atoms. The van der Waals surface area contributed by atoms with Gasteiger partial charge in [-0.1, -0.05) is 6.92 Å². The molecule has 2 aromatic carbocycles. The molecule has 2 aromatic rings. The van der Waals surface area contributed by atoms with Crippen molar-refractivity contribution in [1.29, 1.82) is 0 Å². The number of hydrogen-bond acceptors (Lipinski definition) is 4. The zero-order valence-electron chi connectivity index (χ0n) is 13.9. The number of carbonyl (C=O) groups is 1. The fourth-order valence-corrected chi connectivity index (χ4v) is 2.57. The molecule has 0 aliphatic rings. The van der Waals surface area contributed by atoms with Crippen LogP contribution in [0, 0.1) is 0 Å². The first-order valence-electron chi connectivity index (χ1n) is 7.54. The second kappa shape index (κ2) is 8.59. The highest BCUT2D eigenvalue weighted by Gasteiger charge is 2.13. The molecular formula is C18H20BrNO4. The maximum absolute atomic E-state index is 12.5. The molecule has 0 aliphatic heterocycles. The van der Waals surface area contributed by atoms with E-state index in [1.807, 2.05) is 6.92 Å². The monoisotopic (exact) mass is 393 g/mol. The smallest absolute Gasteiger partial charge is 0.255 e. The summed E-state index contributed by atoms with van der Waals surface area (Å²) in [6.45, 7) is 2.67. The van der Waals surface area contributed by atoms with E-state index in [1.54, 1.807) is 50.6 Å². The van der Waals surface area contributed by atoms with E-state index >= 15 is 0 Å².